The number of fused-ring (bicyclic) bond motifs is 5. The maximum atomic E-state index is 14.3. The molecule has 9 atom stereocenters. The average Bonchev–Trinajstić information content (AvgIpc) is 0.951. The number of pyridine rings is 1. The third-order valence-corrected chi connectivity index (χ3v) is 17.0. The minimum Gasteiger partial charge on any atom is -0.481 e. The number of thiol groups is 1. The van der Waals surface area contributed by atoms with Gasteiger partial charge in [-0.25, -0.2) is 19.4 Å². The molecule has 4 fully saturated rings. The van der Waals surface area contributed by atoms with Gasteiger partial charge >= 0.3 is 24.0 Å². The minimum atomic E-state index is -2.00. The predicted octanol–water partition coefficient (Wildman–Crippen LogP) is 1.81. The van der Waals surface area contributed by atoms with Gasteiger partial charge in [-0.3, -0.25) is 28.8 Å². The number of ether oxygens (including phenoxy) is 5. The number of aryl methyl sites for hydroxylation is 1. The Morgan fingerprint density at radius 3 is 2.22 bits per heavy atom. The number of benzene rings is 2. The van der Waals surface area contributed by atoms with Crippen LogP contribution in [0.1, 0.15) is 108 Å². The molecular formula is C59H72N6O20S. The average molecular weight is 1220 g/mol. The number of hydrogen-bond acceptors (Lipinski definition) is 20. The summed E-state index contributed by atoms with van der Waals surface area (Å²) in [6, 6.07) is 5.97. The van der Waals surface area contributed by atoms with Crippen molar-refractivity contribution in [3.63, 3.8) is 0 Å². The molecule has 0 spiro atoms. The Morgan fingerprint density at radius 2 is 1.56 bits per heavy atom. The highest BCUT2D eigenvalue weighted by Crippen LogP contribution is 2.70. The molecule has 2 bridgehead atoms. The topological polar surface area (TPSA) is 394 Å². The number of carboxylic acids is 2. The Hall–Kier alpha value is -7.69. The van der Waals surface area contributed by atoms with Crippen LogP contribution >= 0.6 is 12.6 Å². The van der Waals surface area contributed by atoms with Gasteiger partial charge in [0, 0.05) is 45.7 Å². The van der Waals surface area contributed by atoms with Gasteiger partial charge in [-0.1, -0.05) is 34.3 Å². The molecule has 464 valence electrons. The molecule has 3 aliphatic heterocycles. The lowest BCUT2D eigenvalue weighted by Crippen LogP contribution is -2.77. The Kier molecular flexibility index (Phi) is 18.9. The van der Waals surface area contributed by atoms with Gasteiger partial charge in [0.05, 0.1) is 36.2 Å². The number of anilines is 1. The summed E-state index contributed by atoms with van der Waals surface area (Å²) in [4.78, 5) is 120. The molecule has 1 unspecified atom stereocenters. The van der Waals surface area contributed by atoms with Crippen LogP contribution in [0.3, 0.4) is 0 Å². The van der Waals surface area contributed by atoms with E-state index in [1.54, 1.807) is 45.2 Å². The van der Waals surface area contributed by atoms with E-state index in [2.05, 4.69) is 39.2 Å². The first kappa shape index (κ1) is 64.3. The molecule has 3 saturated carbocycles. The van der Waals surface area contributed by atoms with E-state index in [0.717, 1.165) is 16.5 Å². The third kappa shape index (κ3) is 12.2. The lowest BCUT2D eigenvalue weighted by molar-refractivity contribution is -0.228. The van der Waals surface area contributed by atoms with Crippen LogP contribution in [0.15, 0.2) is 47.6 Å². The smallest absolute Gasteiger partial charge is 0.407 e. The number of aromatic nitrogens is 1. The van der Waals surface area contributed by atoms with Crippen molar-refractivity contribution in [1.29, 1.82) is 0 Å². The van der Waals surface area contributed by atoms with E-state index < -0.39 is 132 Å². The van der Waals surface area contributed by atoms with Crippen molar-refractivity contribution in [2.45, 2.75) is 159 Å². The summed E-state index contributed by atoms with van der Waals surface area (Å²) in [6.07, 6.45) is -5.04. The van der Waals surface area contributed by atoms with Crippen LogP contribution in [0.25, 0.3) is 16.5 Å². The van der Waals surface area contributed by atoms with E-state index in [1.165, 1.54) is 19.1 Å². The molecule has 8 aliphatic rings. The van der Waals surface area contributed by atoms with Crippen molar-refractivity contribution in [2.24, 2.45) is 11.8 Å². The molecule has 1 aromatic heterocycles. The van der Waals surface area contributed by atoms with Crippen molar-refractivity contribution in [2.75, 3.05) is 31.5 Å². The van der Waals surface area contributed by atoms with Crippen molar-refractivity contribution < 1.29 is 97.5 Å². The fourth-order valence-corrected chi connectivity index (χ4v) is 12.6. The zero-order valence-corrected chi connectivity index (χ0v) is 48.0. The number of amides is 5. The van der Waals surface area contributed by atoms with E-state index in [9.17, 15) is 68.7 Å². The molecule has 11 rings (SSSR count). The molecule has 26 nitrogen and oxygen atoms in total. The molecule has 11 N–H and O–H groups in total. The van der Waals surface area contributed by atoms with E-state index >= 15 is 0 Å². The summed E-state index contributed by atoms with van der Waals surface area (Å²) in [5.74, 6) is -6.71. The summed E-state index contributed by atoms with van der Waals surface area (Å²) in [5, 5.41) is 75.6. The van der Waals surface area contributed by atoms with Gasteiger partial charge in [-0.05, 0) is 116 Å². The summed E-state index contributed by atoms with van der Waals surface area (Å²) in [6.45, 7) is 5.26. The number of hydrogen-bond donors (Lipinski definition) is 12. The summed E-state index contributed by atoms with van der Waals surface area (Å²) < 4.78 is 28.2. The van der Waals surface area contributed by atoms with Crippen LogP contribution < -0.4 is 36.1 Å². The highest BCUT2D eigenvalue weighted by Gasteiger charge is 2.70. The number of aliphatic carboxylic acids is 2. The first-order valence-electron chi connectivity index (χ1n) is 27.8. The van der Waals surface area contributed by atoms with Crippen LogP contribution in [-0.2, 0) is 77.4 Å². The van der Waals surface area contributed by atoms with Crippen LogP contribution in [-0.4, -0.2) is 169 Å². The van der Waals surface area contributed by atoms with Gasteiger partial charge in [-0.15, -0.1) is 0 Å². The Labute approximate surface area is 499 Å². The van der Waals surface area contributed by atoms with E-state index in [1.807, 2.05) is 6.07 Å². The first-order valence-corrected chi connectivity index (χ1v) is 28.7. The van der Waals surface area contributed by atoms with Gasteiger partial charge in [0.25, 0.3) is 0 Å². The normalized spacial score (nSPS) is 26.8. The van der Waals surface area contributed by atoms with Crippen LogP contribution in [0, 0.1) is 11.8 Å². The molecule has 5 amide bonds. The number of rotatable bonds is 20. The lowest BCUT2D eigenvalue weighted by Gasteiger charge is -2.71. The Balaban J connectivity index is 0.00000317. The number of esters is 1. The van der Waals surface area contributed by atoms with Gasteiger partial charge in [0.15, 0.2) is 29.0 Å². The van der Waals surface area contributed by atoms with Gasteiger partial charge in [0.1, 0.15) is 43.6 Å². The SMILES string of the molecule is C.CC[C@@]1(O)C(=O)OCC2=C1C=C1c3nc4cc5c(cc4c(C46CC(NC(=O)OCc7ccc(NC(=O)[C@H](C)NC(=O)[C@@H](NC(=O)CNC(=O)CCC(=O)O)C(C)C)cc7CC[C@@H]7O[C@H](C(=O)O)[C@@H](O)[C@H](O)[C@H]7O)(C4)C6)c3CC1C2=O)OCO5.CS. The van der Waals surface area contributed by atoms with E-state index in [-0.39, 0.29) is 75.7 Å². The molecule has 1 saturated heterocycles. The minimum absolute atomic E-state index is 0. The number of alkyl carbamates (subject to hydrolysis) is 1. The monoisotopic (exact) mass is 1220 g/mol. The molecule has 3 aromatic rings. The molecular weight excluding hydrogens is 1140 g/mol. The molecule has 4 heterocycles. The molecule has 0 radical (unpaired) electrons. The van der Waals surface area contributed by atoms with Crippen molar-refractivity contribution in [1.82, 2.24) is 26.3 Å². The zero-order valence-electron chi connectivity index (χ0n) is 47.1. The Bertz CT molecular complexity index is 3330. The number of aliphatic hydroxyl groups excluding tert-OH is 3. The summed E-state index contributed by atoms with van der Waals surface area (Å²) in [7, 11) is 0. The number of Topliss-reactive ketones (excluding diaryl/α,β-unsaturated/α-hetero) is 1. The van der Waals surface area contributed by atoms with Crippen molar-refractivity contribution in [3.8, 4) is 11.5 Å². The number of carboxylic acid groups (broad SMARTS) is 2. The molecule has 2 aromatic carbocycles. The third-order valence-electron chi connectivity index (χ3n) is 17.0. The highest BCUT2D eigenvalue weighted by atomic mass is 32.1. The second-order valence-corrected chi connectivity index (χ2v) is 22.8. The number of carbonyl (C=O) groups is 9. The maximum absolute atomic E-state index is 14.3. The zero-order chi connectivity index (χ0) is 61.6. The van der Waals surface area contributed by atoms with Crippen LogP contribution in [0.4, 0.5) is 10.5 Å². The molecule has 5 aliphatic carbocycles. The Morgan fingerprint density at radius 1 is 0.860 bits per heavy atom. The number of cyclic esters (lactones) is 1. The quantitative estimate of drug-likeness (QED) is 0.0567. The second-order valence-electron chi connectivity index (χ2n) is 22.8. The number of carbonyl (C=O) groups excluding carboxylic acids is 7. The number of ketones is 1. The summed E-state index contributed by atoms with van der Waals surface area (Å²) >= 11 is 3.53. The highest BCUT2D eigenvalue weighted by molar-refractivity contribution is 7.79. The fourth-order valence-electron chi connectivity index (χ4n) is 12.6. The largest absolute Gasteiger partial charge is 0.481 e. The van der Waals surface area contributed by atoms with Crippen LogP contribution in [0.2, 0.25) is 0 Å². The first-order chi connectivity index (χ1) is 40.3. The van der Waals surface area contributed by atoms with E-state index in [0.29, 0.717) is 65.1 Å². The van der Waals surface area contributed by atoms with Gasteiger partial charge in [-0.2, -0.15) is 12.6 Å². The van der Waals surface area contributed by atoms with Crippen LogP contribution in [0.5, 0.6) is 11.5 Å². The maximum Gasteiger partial charge on any atom is 0.407 e. The second kappa shape index (κ2) is 25.3. The number of allylic oxidation sites excluding steroid dienone is 1. The predicted molar refractivity (Wildman–Crippen MR) is 306 cm³/mol. The number of aliphatic hydroxyl groups is 4. The van der Waals surface area contributed by atoms with E-state index in [4.69, 9.17) is 33.8 Å². The number of nitrogens with one attached hydrogen (secondary N) is 5. The van der Waals surface area contributed by atoms with Crippen molar-refractivity contribution in [3.05, 3.63) is 75.5 Å². The summed E-state index contributed by atoms with van der Waals surface area (Å²) in [5.41, 5.74) is 2.01. The molecule has 27 heteroatoms. The molecule has 86 heavy (non-hydrogen) atoms. The lowest BCUT2D eigenvalue weighted by atomic mass is 9.37. The number of nitrogens with zero attached hydrogens (tertiary/aromatic N) is 1. The van der Waals surface area contributed by atoms with Crippen molar-refractivity contribution >= 4 is 88.2 Å². The fraction of sp³-hybridized carbons (Fsp3) is 0.525. The van der Waals surface area contributed by atoms with Gasteiger partial charge < -0.3 is 80.9 Å². The van der Waals surface area contributed by atoms with Gasteiger partial charge in [0.2, 0.25) is 30.4 Å². The standard InChI is InChI=1S/C57H64N6O20.CH4S.CH4/c1-5-57(78)34-14-29-30(45(68)33(34)19-79-53(57)76)13-32-42(31-15-37-38(82-23-81-37)16-35(31)61-44(29)32)55-20-56(21-55,22-55)63-54(77)80-18-27-6-8-28(12-26(27)7-9-36-46(69)47(70)48(71)49(83-36)52(74)75)60-50(72)25(4)59-51(73)43(24(2)3)62-40(65)17-58-39(64)10-11-41(66)67;1-2;/h6,8,12,14-16,24-25,30,36,43,46-49,69-71,78H,5,7,9-11,13,17-23H2,1-4H3,(H,58,64)(H,59,73)(H,60,72)(H,62,65)(H,63,77)(H,66,67)(H,74,75);2H,1H3;1H4/t25-,30?,36-,43-,46-,47+,48-,49-,55?,56?,57-;;/m0../s1.